The first kappa shape index (κ1) is 13.1. The molecule has 2 amide bonds. The maximum atomic E-state index is 12.4. The van der Waals surface area contributed by atoms with E-state index in [1.165, 1.54) is 6.42 Å². The highest BCUT2D eigenvalue weighted by Gasteiger charge is 2.29. The van der Waals surface area contributed by atoms with Crippen LogP contribution in [-0.2, 0) is 0 Å². The minimum atomic E-state index is -0.0384. The molecule has 2 unspecified atom stereocenters. The molecule has 0 aliphatic carbocycles. The van der Waals surface area contributed by atoms with Crippen LogP contribution in [0.1, 0.15) is 33.1 Å². The van der Waals surface area contributed by atoms with Gasteiger partial charge in [0.1, 0.15) is 0 Å². The van der Waals surface area contributed by atoms with Gasteiger partial charge in [0.2, 0.25) is 6.79 Å². The summed E-state index contributed by atoms with van der Waals surface area (Å²) in [7, 11) is 0. The van der Waals surface area contributed by atoms with Gasteiger partial charge in [0.25, 0.3) is 0 Å². The van der Waals surface area contributed by atoms with Gasteiger partial charge in [-0.3, -0.25) is 0 Å². The first-order chi connectivity index (χ1) is 9.65. The number of carbonyl (C=O) groups is 1. The first-order valence-electron chi connectivity index (χ1n) is 7.14. The molecule has 0 aromatic heterocycles. The van der Waals surface area contributed by atoms with Crippen molar-refractivity contribution in [2.75, 3.05) is 12.1 Å². The zero-order chi connectivity index (χ0) is 14.1. The molecule has 0 radical (unpaired) electrons. The van der Waals surface area contributed by atoms with Crippen molar-refractivity contribution in [2.45, 2.75) is 45.2 Å². The van der Waals surface area contributed by atoms with Gasteiger partial charge in [0.15, 0.2) is 11.5 Å². The molecule has 2 aliphatic heterocycles. The van der Waals surface area contributed by atoms with Crippen LogP contribution in [0.25, 0.3) is 0 Å². The Morgan fingerprint density at radius 3 is 2.65 bits per heavy atom. The maximum Gasteiger partial charge on any atom is 0.322 e. The fourth-order valence-electron chi connectivity index (χ4n) is 2.98. The molecular weight excluding hydrogens is 256 g/mol. The molecule has 5 nitrogen and oxygen atoms in total. The Bertz CT molecular complexity index is 508. The van der Waals surface area contributed by atoms with Gasteiger partial charge in [-0.2, -0.15) is 0 Å². The number of carbonyl (C=O) groups excluding carboxylic acids is 1. The fourth-order valence-corrected chi connectivity index (χ4v) is 2.98. The van der Waals surface area contributed by atoms with Crippen molar-refractivity contribution in [3.8, 4) is 11.5 Å². The molecule has 108 valence electrons. The number of hydrogen-bond acceptors (Lipinski definition) is 3. The molecule has 0 saturated carbocycles. The summed E-state index contributed by atoms with van der Waals surface area (Å²) in [6, 6.07) is 6.00. The minimum absolute atomic E-state index is 0.0384. The third-order valence-corrected chi connectivity index (χ3v) is 4.05. The summed E-state index contributed by atoms with van der Waals surface area (Å²) < 4.78 is 10.6. The van der Waals surface area contributed by atoms with Crippen LogP contribution in [0.3, 0.4) is 0 Å². The molecule has 3 rings (SSSR count). The van der Waals surface area contributed by atoms with E-state index >= 15 is 0 Å². The van der Waals surface area contributed by atoms with Crippen LogP contribution >= 0.6 is 0 Å². The average Bonchev–Trinajstić information content (AvgIpc) is 2.85. The molecular formula is C15H20N2O3. The zero-order valence-electron chi connectivity index (χ0n) is 11.9. The van der Waals surface area contributed by atoms with Crippen LogP contribution in [0.15, 0.2) is 18.2 Å². The lowest BCUT2D eigenvalue weighted by Gasteiger charge is -2.38. The van der Waals surface area contributed by atoms with Gasteiger partial charge in [0, 0.05) is 23.8 Å². The summed E-state index contributed by atoms with van der Waals surface area (Å²) in [5.74, 6) is 1.41. The lowest BCUT2D eigenvalue weighted by atomic mass is 9.98. The van der Waals surface area contributed by atoms with Crippen molar-refractivity contribution < 1.29 is 14.3 Å². The molecule has 5 heteroatoms. The number of nitrogens with one attached hydrogen (secondary N) is 1. The van der Waals surface area contributed by atoms with Crippen LogP contribution < -0.4 is 14.8 Å². The van der Waals surface area contributed by atoms with Crippen LogP contribution in [0, 0.1) is 0 Å². The smallest absolute Gasteiger partial charge is 0.322 e. The maximum absolute atomic E-state index is 12.4. The number of likely N-dealkylation sites (tertiary alicyclic amines) is 1. The summed E-state index contributed by atoms with van der Waals surface area (Å²) >= 11 is 0. The molecule has 2 heterocycles. The molecule has 20 heavy (non-hydrogen) atoms. The Balaban J connectivity index is 1.72. The second-order valence-electron chi connectivity index (χ2n) is 5.53. The third-order valence-electron chi connectivity index (χ3n) is 4.05. The Hall–Kier alpha value is -1.91. The highest BCUT2D eigenvalue weighted by atomic mass is 16.7. The molecule has 1 N–H and O–H groups in total. The van der Waals surface area contributed by atoms with E-state index in [0.717, 1.165) is 24.3 Å². The van der Waals surface area contributed by atoms with E-state index in [2.05, 4.69) is 19.2 Å². The predicted octanol–water partition coefficient (Wildman–Crippen LogP) is 3.21. The minimum Gasteiger partial charge on any atom is -0.454 e. The van der Waals surface area contributed by atoms with E-state index in [9.17, 15) is 4.79 Å². The number of rotatable bonds is 1. The van der Waals surface area contributed by atoms with E-state index < -0.39 is 0 Å². The van der Waals surface area contributed by atoms with Crippen molar-refractivity contribution >= 4 is 11.7 Å². The molecule has 1 fully saturated rings. The number of amides is 2. The van der Waals surface area contributed by atoms with Crippen molar-refractivity contribution in [1.29, 1.82) is 0 Å². The topological polar surface area (TPSA) is 50.8 Å². The number of anilines is 1. The summed E-state index contributed by atoms with van der Waals surface area (Å²) in [5.41, 5.74) is 0.740. The predicted molar refractivity (Wildman–Crippen MR) is 76.2 cm³/mol. The molecule has 2 atom stereocenters. The monoisotopic (exact) mass is 276 g/mol. The van der Waals surface area contributed by atoms with Crippen molar-refractivity contribution in [2.24, 2.45) is 0 Å². The van der Waals surface area contributed by atoms with E-state index in [1.54, 1.807) is 6.07 Å². The van der Waals surface area contributed by atoms with Crippen molar-refractivity contribution in [3.05, 3.63) is 18.2 Å². The van der Waals surface area contributed by atoms with Crippen LogP contribution in [0.4, 0.5) is 10.5 Å². The van der Waals surface area contributed by atoms with Gasteiger partial charge in [-0.1, -0.05) is 0 Å². The number of piperidine rings is 1. The number of urea groups is 1. The summed E-state index contributed by atoms with van der Waals surface area (Å²) in [6.45, 7) is 4.46. The van der Waals surface area contributed by atoms with Gasteiger partial charge < -0.3 is 19.7 Å². The Morgan fingerprint density at radius 1 is 1.20 bits per heavy atom. The molecule has 1 saturated heterocycles. The van der Waals surface area contributed by atoms with Gasteiger partial charge >= 0.3 is 6.03 Å². The Labute approximate surface area is 118 Å². The third kappa shape index (κ3) is 2.40. The average molecular weight is 276 g/mol. The molecule has 0 spiro atoms. The summed E-state index contributed by atoms with van der Waals surface area (Å²) in [4.78, 5) is 14.4. The molecule has 0 bridgehead atoms. The number of benzene rings is 1. The highest BCUT2D eigenvalue weighted by molar-refractivity contribution is 5.90. The lowest BCUT2D eigenvalue weighted by Crippen LogP contribution is -2.49. The summed E-state index contributed by atoms with van der Waals surface area (Å²) in [6.07, 6.45) is 3.33. The molecule has 2 aliphatic rings. The number of nitrogens with zero attached hydrogens (tertiary/aromatic N) is 1. The van der Waals surface area contributed by atoms with Gasteiger partial charge in [-0.05, 0) is 45.2 Å². The standard InChI is InChI=1S/C15H20N2O3/c1-10-4-3-5-11(2)17(10)15(18)16-12-6-7-13-14(8-12)20-9-19-13/h6-8,10-11H,3-5,9H2,1-2H3,(H,16,18). The van der Waals surface area contributed by atoms with E-state index in [0.29, 0.717) is 5.75 Å². The Morgan fingerprint density at radius 2 is 1.90 bits per heavy atom. The molecule has 1 aromatic carbocycles. The highest BCUT2D eigenvalue weighted by Crippen LogP contribution is 2.34. The fraction of sp³-hybridized carbons (Fsp3) is 0.533. The second-order valence-corrected chi connectivity index (χ2v) is 5.53. The molecule has 1 aromatic rings. The number of ether oxygens (including phenoxy) is 2. The van der Waals surface area contributed by atoms with Gasteiger partial charge in [0.05, 0.1) is 0 Å². The summed E-state index contributed by atoms with van der Waals surface area (Å²) in [5, 5.41) is 2.95. The zero-order valence-corrected chi connectivity index (χ0v) is 11.9. The second kappa shape index (κ2) is 5.23. The number of hydrogen-bond donors (Lipinski definition) is 1. The quantitative estimate of drug-likeness (QED) is 0.857. The van der Waals surface area contributed by atoms with Gasteiger partial charge in [-0.15, -0.1) is 0 Å². The lowest BCUT2D eigenvalue weighted by molar-refractivity contribution is 0.133. The van der Waals surface area contributed by atoms with Crippen LogP contribution in [0.5, 0.6) is 11.5 Å². The number of fused-ring (bicyclic) bond motifs is 1. The first-order valence-corrected chi connectivity index (χ1v) is 7.14. The van der Waals surface area contributed by atoms with E-state index in [-0.39, 0.29) is 24.9 Å². The van der Waals surface area contributed by atoms with E-state index in [4.69, 9.17) is 9.47 Å². The largest absolute Gasteiger partial charge is 0.454 e. The van der Waals surface area contributed by atoms with Crippen LogP contribution in [0.2, 0.25) is 0 Å². The van der Waals surface area contributed by atoms with Crippen molar-refractivity contribution in [3.63, 3.8) is 0 Å². The van der Waals surface area contributed by atoms with Crippen molar-refractivity contribution in [1.82, 2.24) is 4.90 Å². The van der Waals surface area contributed by atoms with Crippen LogP contribution in [-0.4, -0.2) is 29.8 Å². The van der Waals surface area contributed by atoms with Gasteiger partial charge in [-0.25, -0.2) is 4.79 Å². The normalized spacial score (nSPS) is 24.6. The van der Waals surface area contributed by atoms with E-state index in [1.807, 2.05) is 17.0 Å². The SMILES string of the molecule is CC1CCCC(C)N1C(=O)Nc1ccc2c(c1)OCO2. The Kier molecular flexibility index (Phi) is 3.42.